The normalized spacial score (nSPS) is 29.5. The highest BCUT2D eigenvalue weighted by molar-refractivity contribution is 4.86. The number of methoxy groups -OCH3 is 1. The third-order valence-electron chi connectivity index (χ3n) is 2.97. The average molecular weight is 247 g/mol. The van der Waals surface area contributed by atoms with Gasteiger partial charge in [0.15, 0.2) is 0 Å². The van der Waals surface area contributed by atoms with E-state index in [0.29, 0.717) is 26.3 Å². The second-order valence-electron chi connectivity index (χ2n) is 5.24. The number of aliphatic hydroxyl groups excluding tert-OH is 1. The predicted octanol–water partition coefficient (Wildman–Crippen LogP) is -0.144. The quantitative estimate of drug-likeness (QED) is 0.655. The largest absolute Gasteiger partial charge is 0.389 e. The minimum Gasteiger partial charge on any atom is -0.389 e. The lowest BCUT2D eigenvalue weighted by atomic mass is 10.1. The van der Waals surface area contributed by atoms with Gasteiger partial charge in [-0.3, -0.25) is 4.90 Å². The molecule has 1 aliphatic rings. The Hall–Kier alpha value is -0.200. The molecule has 2 N–H and O–H groups in total. The zero-order valence-corrected chi connectivity index (χ0v) is 11.1. The molecule has 5 nitrogen and oxygen atoms in total. The van der Waals surface area contributed by atoms with Gasteiger partial charge in [-0.2, -0.15) is 0 Å². The van der Waals surface area contributed by atoms with E-state index in [1.165, 1.54) is 0 Å². The van der Waals surface area contributed by atoms with Crippen LogP contribution >= 0.6 is 0 Å². The maximum Gasteiger partial charge on any atom is 0.0900 e. The molecule has 5 heteroatoms. The Bertz CT molecular complexity index is 223. The zero-order valence-electron chi connectivity index (χ0n) is 11.1. The molecule has 0 aromatic rings. The van der Waals surface area contributed by atoms with Gasteiger partial charge in [-0.25, -0.2) is 0 Å². The molecule has 0 aromatic carbocycles. The van der Waals surface area contributed by atoms with Crippen LogP contribution in [0.1, 0.15) is 20.3 Å². The summed E-state index contributed by atoms with van der Waals surface area (Å²) in [6.45, 7) is 6.59. The lowest BCUT2D eigenvalue weighted by molar-refractivity contribution is -0.0398. The molecule has 1 saturated heterocycles. The summed E-state index contributed by atoms with van der Waals surface area (Å²) in [7, 11) is 1.63. The van der Waals surface area contributed by atoms with E-state index in [1.54, 1.807) is 7.11 Å². The number of β-amino-alcohol motifs (C(OH)–C–C–N with tert-alkyl or cyclic N) is 2. The summed E-state index contributed by atoms with van der Waals surface area (Å²) in [6.07, 6.45) is 0.250. The monoisotopic (exact) mass is 247 g/mol. The molecule has 0 aromatic heterocycles. The van der Waals surface area contributed by atoms with Crippen molar-refractivity contribution < 1.29 is 19.7 Å². The van der Waals surface area contributed by atoms with Crippen molar-refractivity contribution in [3.8, 4) is 0 Å². The molecule has 0 aliphatic carbocycles. The van der Waals surface area contributed by atoms with Crippen molar-refractivity contribution in [3.63, 3.8) is 0 Å². The highest BCUT2D eigenvalue weighted by Crippen LogP contribution is 2.20. The Morgan fingerprint density at radius 1 is 1.41 bits per heavy atom. The van der Waals surface area contributed by atoms with E-state index in [9.17, 15) is 10.2 Å². The minimum atomic E-state index is -0.607. The standard InChI is InChI=1S/C12H25NO4/c1-10(7-16-3)17-8-11(14)6-13-5-4-12(2,15)9-13/h10-11,14-15H,4-9H2,1-3H3. The van der Waals surface area contributed by atoms with Gasteiger partial charge in [-0.1, -0.05) is 0 Å². The number of likely N-dealkylation sites (tertiary alicyclic amines) is 1. The predicted molar refractivity (Wildman–Crippen MR) is 65.0 cm³/mol. The Kier molecular flexibility index (Phi) is 5.82. The van der Waals surface area contributed by atoms with Crippen molar-refractivity contribution in [3.05, 3.63) is 0 Å². The lowest BCUT2D eigenvalue weighted by Gasteiger charge is -2.22. The first-order valence-corrected chi connectivity index (χ1v) is 6.16. The summed E-state index contributed by atoms with van der Waals surface area (Å²) in [4.78, 5) is 2.06. The van der Waals surface area contributed by atoms with Crippen LogP contribution in [0.15, 0.2) is 0 Å². The Balaban J connectivity index is 2.15. The van der Waals surface area contributed by atoms with Crippen LogP contribution in [0.4, 0.5) is 0 Å². The molecule has 0 spiro atoms. The summed E-state index contributed by atoms with van der Waals surface area (Å²) in [5.74, 6) is 0. The number of ether oxygens (including phenoxy) is 2. The SMILES string of the molecule is COCC(C)OCC(O)CN1CCC(C)(O)C1. The van der Waals surface area contributed by atoms with E-state index < -0.39 is 11.7 Å². The fourth-order valence-electron chi connectivity index (χ4n) is 2.10. The average Bonchev–Trinajstić information content (AvgIpc) is 2.55. The van der Waals surface area contributed by atoms with Gasteiger partial charge < -0.3 is 19.7 Å². The lowest BCUT2D eigenvalue weighted by Crippen LogP contribution is -2.37. The first-order chi connectivity index (χ1) is 7.93. The van der Waals surface area contributed by atoms with Crippen molar-refractivity contribution in [1.29, 1.82) is 0 Å². The van der Waals surface area contributed by atoms with E-state index in [-0.39, 0.29) is 6.10 Å². The van der Waals surface area contributed by atoms with Crippen LogP contribution in [0.3, 0.4) is 0 Å². The van der Waals surface area contributed by atoms with Gasteiger partial charge >= 0.3 is 0 Å². The van der Waals surface area contributed by atoms with Gasteiger partial charge in [0.1, 0.15) is 0 Å². The molecule has 1 fully saturated rings. The summed E-state index contributed by atoms with van der Waals surface area (Å²) in [5, 5.41) is 19.6. The van der Waals surface area contributed by atoms with Crippen molar-refractivity contribution in [2.24, 2.45) is 0 Å². The van der Waals surface area contributed by atoms with Crippen LogP contribution in [0.2, 0.25) is 0 Å². The second-order valence-corrected chi connectivity index (χ2v) is 5.24. The number of aliphatic hydroxyl groups is 2. The van der Waals surface area contributed by atoms with Crippen molar-refractivity contribution in [1.82, 2.24) is 4.90 Å². The summed E-state index contributed by atoms with van der Waals surface area (Å²) in [5.41, 5.74) is -0.607. The summed E-state index contributed by atoms with van der Waals surface area (Å²) >= 11 is 0. The number of rotatable bonds is 7. The van der Waals surface area contributed by atoms with E-state index in [4.69, 9.17) is 9.47 Å². The molecule has 1 aliphatic heterocycles. The van der Waals surface area contributed by atoms with Crippen LogP contribution < -0.4 is 0 Å². The number of hydrogen-bond donors (Lipinski definition) is 2. The fourth-order valence-corrected chi connectivity index (χ4v) is 2.10. The molecular weight excluding hydrogens is 222 g/mol. The summed E-state index contributed by atoms with van der Waals surface area (Å²) < 4.78 is 10.4. The number of nitrogens with zero attached hydrogens (tertiary/aromatic N) is 1. The molecule has 102 valence electrons. The van der Waals surface area contributed by atoms with Crippen LogP contribution in [0.5, 0.6) is 0 Å². The molecule has 17 heavy (non-hydrogen) atoms. The molecule has 0 radical (unpaired) electrons. The minimum absolute atomic E-state index is 0.00339. The smallest absolute Gasteiger partial charge is 0.0900 e. The van der Waals surface area contributed by atoms with E-state index in [2.05, 4.69) is 4.90 Å². The molecule has 0 amide bonds. The van der Waals surface area contributed by atoms with Crippen LogP contribution in [-0.4, -0.2) is 72.9 Å². The highest BCUT2D eigenvalue weighted by Gasteiger charge is 2.31. The van der Waals surface area contributed by atoms with Crippen molar-refractivity contribution in [2.75, 3.05) is 40.0 Å². The maximum atomic E-state index is 9.81. The maximum absolute atomic E-state index is 9.81. The molecule has 3 atom stereocenters. The van der Waals surface area contributed by atoms with Crippen LogP contribution in [-0.2, 0) is 9.47 Å². The molecule has 0 bridgehead atoms. The van der Waals surface area contributed by atoms with Crippen LogP contribution in [0.25, 0.3) is 0 Å². The molecule has 0 saturated carbocycles. The Morgan fingerprint density at radius 3 is 2.65 bits per heavy atom. The van der Waals surface area contributed by atoms with Gasteiger partial charge in [0.2, 0.25) is 0 Å². The number of hydrogen-bond acceptors (Lipinski definition) is 5. The van der Waals surface area contributed by atoms with E-state index >= 15 is 0 Å². The Morgan fingerprint density at radius 2 is 2.12 bits per heavy atom. The summed E-state index contributed by atoms with van der Waals surface area (Å²) in [6, 6.07) is 0. The van der Waals surface area contributed by atoms with Gasteiger partial charge in [0.05, 0.1) is 31.0 Å². The zero-order chi connectivity index (χ0) is 12.9. The highest BCUT2D eigenvalue weighted by atomic mass is 16.5. The van der Waals surface area contributed by atoms with Crippen molar-refractivity contribution in [2.45, 2.75) is 38.1 Å². The topological polar surface area (TPSA) is 62.2 Å². The molecule has 1 rings (SSSR count). The van der Waals surface area contributed by atoms with Gasteiger partial charge in [-0.15, -0.1) is 0 Å². The first-order valence-electron chi connectivity index (χ1n) is 6.16. The van der Waals surface area contributed by atoms with Crippen molar-refractivity contribution >= 4 is 0 Å². The van der Waals surface area contributed by atoms with Gasteiger partial charge in [0, 0.05) is 26.7 Å². The first kappa shape index (κ1) is 14.9. The third-order valence-corrected chi connectivity index (χ3v) is 2.97. The molecule has 3 unspecified atom stereocenters. The third kappa shape index (κ3) is 5.79. The van der Waals surface area contributed by atoms with E-state index in [0.717, 1.165) is 13.0 Å². The molecule has 1 heterocycles. The Labute approximate surface area is 103 Å². The van der Waals surface area contributed by atoms with Gasteiger partial charge in [0.25, 0.3) is 0 Å². The fraction of sp³-hybridized carbons (Fsp3) is 1.00. The second kappa shape index (κ2) is 6.66. The molecular formula is C12H25NO4. The van der Waals surface area contributed by atoms with Gasteiger partial charge in [-0.05, 0) is 20.3 Å². The van der Waals surface area contributed by atoms with Crippen LogP contribution in [0, 0.1) is 0 Å². The van der Waals surface area contributed by atoms with E-state index in [1.807, 2.05) is 13.8 Å².